The van der Waals surface area contributed by atoms with Crippen molar-refractivity contribution in [1.29, 1.82) is 5.26 Å². The second-order valence-electron chi connectivity index (χ2n) is 5.57. The fourth-order valence-electron chi connectivity index (χ4n) is 3.45. The van der Waals surface area contributed by atoms with E-state index in [2.05, 4.69) is 30.0 Å². The molecule has 20 heavy (non-hydrogen) atoms. The molecule has 2 N–H and O–H groups in total. The lowest BCUT2D eigenvalue weighted by Crippen LogP contribution is -2.36. The number of anilines is 1. The van der Waals surface area contributed by atoms with Crippen molar-refractivity contribution in [2.45, 2.75) is 51.4 Å². The van der Waals surface area contributed by atoms with E-state index in [9.17, 15) is 5.26 Å². The van der Waals surface area contributed by atoms with Gasteiger partial charge in [-0.15, -0.1) is 5.10 Å². The Balaban J connectivity index is 2.40. The molecule has 1 saturated carbocycles. The number of hydrogen-bond donors (Lipinski definition) is 1. The van der Waals surface area contributed by atoms with Gasteiger partial charge in [-0.25, -0.2) is 9.50 Å². The zero-order valence-corrected chi connectivity index (χ0v) is 12.0. The number of aryl methyl sites for hydroxylation is 1. The van der Waals surface area contributed by atoms with Gasteiger partial charge in [0.25, 0.3) is 0 Å². The highest BCUT2D eigenvalue weighted by Gasteiger charge is 2.42. The van der Waals surface area contributed by atoms with E-state index < -0.39 is 0 Å². The van der Waals surface area contributed by atoms with E-state index in [1.165, 1.54) is 6.42 Å². The first kappa shape index (κ1) is 12.9. The quantitative estimate of drug-likeness (QED) is 0.928. The van der Waals surface area contributed by atoms with Crippen LogP contribution in [0.25, 0.3) is 5.52 Å². The van der Waals surface area contributed by atoms with Gasteiger partial charge in [-0.3, -0.25) is 0 Å². The molecular formula is C15H19N5. The van der Waals surface area contributed by atoms with Gasteiger partial charge >= 0.3 is 0 Å². The smallest absolute Gasteiger partial charge is 0.238 e. The summed E-state index contributed by atoms with van der Waals surface area (Å²) in [6.45, 7) is 4.26. The fourth-order valence-corrected chi connectivity index (χ4v) is 3.45. The molecule has 5 heteroatoms. The average Bonchev–Trinajstić information content (AvgIpc) is 2.72. The van der Waals surface area contributed by atoms with Crippen molar-refractivity contribution in [2.75, 3.05) is 5.73 Å². The Labute approximate surface area is 118 Å². The number of aromatic nitrogens is 3. The van der Waals surface area contributed by atoms with Gasteiger partial charge < -0.3 is 5.73 Å². The molecular weight excluding hydrogens is 250 g/mol. The van der Waals surface area contributed by atoms with Crippen molar-refractivity contribution < 1.29 is 0 Å². The summed E-state index contributed by atoms with van der Waals surface area (Å²) in [5.41, 5.74) is 9.64. The van der Waals surface area contributed by atoms with Crippen LogP contribution in [-0.4, -0.2) is 14.6 Å². The van der Waals surface area contributed by atoms with Crippen LogP contribution in [0.5, 0.6) is 0 Å². The zero-order valence-electron chi connectivity index (χ0n) is 12.0. The first-order chi connectivity index (χ1) is 9.66. The number of rotatable bonds is 3. The molecule has 1 aliphatic carbocycles. The number of nitrogens with two attached hydrogens (primary N) is 1. The standard InChI is InChI=1S/C15H19N5/c1-3-10-11(8-16)13(15(4-2)6-5-7-15)20-12(10)9-18-14(17)19-20/h9H,3-7H2,1-2H3,(H2,17,19). The van der Waals surface area contributed by atoms with Crippen molar-refractivity contribution in [3.05, 3.63) is 23.0 Å². The van der Waals surface area contributed by atoms with Gasteiger partial charge in [0, 0.05) is 5.41 Å². The Morgan fingerprint density at radius 2 is 2.20 bits per heavy atom. The predicted octanol–water partition coefficient (Wildman–Crippen LogP) is 2.58. The Hall–Kier alpha value is -2.09. The molecule has 0 atom stereocenters. The maximum atomic E-state index is 9.64. The average molecular weight is 269 g/mol. The Kier molecular flexibility index (Phi) is 2.89. The molecule has 1 aliphatic rings. The lowest BCUT2D eigenvalue weighted by Gasteiger charge is -2.41. The minimum atomic E-state index is 0.0855. The van der Waals surface area contributed by atoms with Gasteiger partial charge in [0.05, 0.1) is 23.0 Å². The van der Waals surface area contributed by atoms with Crippen LogP contribution in [0.2, 0.25) is 0 Å². The summed E-state index contributed by atoms with van der Waals surface area (Å²) < 4.78 is 1.88. The van der Waals surface area contributed by atoms with Crippen LogP contribution in [0, 0.1) is 11.3 Å². The number of nitrogens with zero attached hydrogens (tertiary/aromatic N) is 4. The largest absolute Gasteiger partial charge is 0.367 e. The van der Waals surface area contributed by atoms with Crippen molar-refractivity contribution in [2.24, 2.45) is 0 Å². The molecule has 104 valence electrons. The van der Waals surface area contributed by atoms with E-state index in [0.29, 0.717) is 0 Å². The Bertz CT molecular complexity index is 698. The molecule has 0 saturated heterocycles. The van der Waals surface area contributed by atoms with E-state index in [-0.39, 0.29) is 11.4 Å². The summed E-state index contributed by atoms with van der Waals surface area (Å²) in [5, 5.41) is 14.0. The normalized spacial score (nSPS) is 16.9. The third-order valence-corrected chi connectivity index (χ3v) is 4.76. The highest BCUT2D eigenvalue weighted by molar-refractivity contribution is 5.65. The van der Waals surface area contributed by atoms with Gasteiger partial charge in [-0.1, -0.05) is 20.3 Å². The molecule has 0 radical (unpaired) electrons. The highest BCUT2D eigenvalue weighted by Crippen LogP contribution is 2.48. The molecule has 2 heterocycles. The van der Waals surface area contributed by atoms with Crippen molar-refractivity contribution in [3.8, 4) is 6.07 Å². The summed E-state index contributed by atoms with van der Waals surface area (Å²) >= 11 is 0. The number of nitrogen functional groups attached to an aromatic ring is 1. The number of fused-ring (bicyclic) bond motifs is 1. The van der Waals surface area contributed by atoms with Crippen LogP contribution in [0.4, 0.5) is 5.95 Å². The van der Waals surface area contributed by atoms with E-state index in [0.717, 1.165) is 48.0 Å². The van der Waals surface area contributed by atoms with E-state index in [1.54, 1.807) is 6.20 Å². The van der Waals surface area contributed by atoms with Crippen LogP contribution < -0.4 is 5.73 Å². The molecule has 0 aromatic carbocycles. The minimum Gasteiger partial charge on any atom is -0.367 e. The predicted molar refractivity (Wildman–Crippen MR) is 77.3 cm³/mol. The Morgan fingerprint density at radius 1 is 1.45 bits per heavy atom. The maximum absolute atomic E-state index is 9.64. The van der Waals surface area contributed by atoms with Gasteiger partial charge in [-0.2, -0.15) is 5.26 Å². The van der Waals surface area contributed by atoms with E-state index >= 15 is 0 Å². The van der Waals surface area contributed by atoms with Crippen molar-refractivity contribution in [3.63, 3.8) is 0 Å². The van der Waals surface area contributed by atoms with Crippen LogP contribution >= 0.6 is 0 Å². The number of nitriles is 1. The van der Waals surface area contributed by atoms with Gasteiger partial charge in [0.2, 0.25) is 5.95 Å². The molecule has 1 fully saturated rings. The van der Waals surface area contributed by atoms with Crippen molar-refractivity contribution >= 4 is 11.5 Å². The lowest BCUT2D eigenvalue weighted by atomic mass is 9.64. The molecule has 5 nitrogen and oxygen atoms in total. The van der Waals surface area contributed by atoms with E-state index in [1.807, 2.05) is 4.52 Å². The van der Waals surface area contributed by atoms with Crippen LogP contribution in [0.15, 0.2) is 6.20 Å². The topological polar surface area (TPSA) is 80.0 Å². The summed E-state index contributed by atoms with van der Waals surface area (Å²) in [5.74, 6) is 0.256. The van der Waals surface area contributed by atoms with Gasteiger partial charge in [0.15, 0.2) is 0 Å². The first-order valence-corrected chi connectivity index (χ1v) is 7.23. The van der Waals surface area contributed by atoms with Gasteiger partial charge in [-0.05, 0) is 31.2 Å². The fraction of sp³-hybridized carbons (Fsp3) is 0.533. The first-order valence-electron chi connectivity index (χ1n) is 7.23. The van der Waals surface area contributed by atoms with E-state index in [4.69, 9.17) is 5.73 Å². The monoisotopic (exact) mass is 269 g/mol. The molecule has 3 rings (SSSR count). The molecule has 0 spiro atoms. The maximum Gasteiger partial charge on any atom is 0.238 e. The highest BCUT2D eigenvalue weighted by atomic mass is 15.3. The SMILES string of the molecule is CCc1c(C#N)c(C2(CC)CCC2)n2nc(N)ncc12. The van der Waals surface area contributed by atoms with Crippen LogP contribution in [0.3, 0.4) is 0 Å². The summed E-state index contributed by atoms with van der Waals surface area (Å²) in [7, 11) is 0. The third kappa shape index (κ3) is 1.54. The summed E-state index contributed by atoms with van der Waals surface area (Å²) in [4.78, 5) is 4.09. The second kappa shape index (κ2) is 4.48. The molecule has 0 bridgehead atoms. The van der Waals surface area contributed by atoms with Crippen LogP contribution in [-0.2, 0) is 11.8 Å². The minimum absolute atomic E-state index is 0.0855. The molecule has 0 unspecified atom stereocenters. The third-order valence-electron chi connectivity index (χ3n) is 4.76. The number of hydrogen-bond acceptors (Lipinski definition) is 4. The van der Waals surface area contributed by atoms with Crippen molar-refractivity contribution in [1.82, 2.24) is 14.6 Å². The Morgan fingerprint density at radius 3 is 2.70 bits per heavy atom. The molecule has 2 aromatic heterocycles. The molecule has 0 aliphatic heterocycles. The molecule has 2 aromatic rings. The lowest BCUT2D eigenvalue weighted by molar-refractivity contribution is 0.224. The zero-order chi connectivity index (χ0) is 14.3. The van der Waals surface area contributed by atoms with Gasteiger partial charge in [0.1, 0.15) is 6.07 Å². The summed E-state index contributed by atoms with van der Waals surface area (Å²) in [6, 6.07) is 2.40. The summed E-state index contributed by atoms with van der Waals surface area (Å²) in [6.07, 6.45) is 7.04. The molecule has 0 amide bonds. The second-order valence-corrected chi connectivity index (χ2v) is 5.57. The van der Waals surface area contributed by atoms with Crippen LogP contribution in [0.1, 0.15) is 56.4 Å².